The number of nitriles is 1. The molecule has 0 aliphatic rings. The SMILES string of the molecule is N#Cc1cccc(C(=O)OCc2nc(-c3cccc(Cl)c3)no2)c1. The number of nitrogens with zero attached hydrogens (tertiary/aromatic N) is 3. The van der Waals surface area contributed by atoms with Crippen LogP contribution in [0.5, 0.6) is 0 Å². The van der Waals surface area contributed by atoms with Gasteiger partial charge in [0.2, 0.25) is 5.82 Å². The van der Waals surface area contributed by atoms with Crippen molar-refractivity contribution >= 4 is 17.6 Å². The van der Waals surface area contributed by atoms with Gasteiger partial charge in [-0.05, 0) is 30.3 Å². The number of hydrogen-bond donors (Lipinski definition) is 0. The molecular formula is C17H10ClN3O3. The van der Waals surface area contributed by atoms with Crippen molar-refractivity contribution in [2.45, 2.75) is 6.61 Å². The minimum atomic E-state index is -0.574. The first-order valence-corrected chi connectivity index (χ1v) is 7.29. The van der Waals surface area contributed by atoms with Gasteiger partial charge in [-0.3, -0.25) is 0 Å². The monoisotopic (exact) mass is 339 g/mol. The predicted octanol–water partition coefficient (Wildman–Crippen LogP) is 3.62. The molecule has 2 aromatic carbocycles. The standard InChI is InChI=1S/C17H10ClN3O3/c18-14-6-2-4-12(8-14)16-20-15(24-21-16)10-23-17(22)13-5-1-3-11(7-13)9-19/h1-8H,10H2. The average Bonchev–Trinajstić information content (AvgIpc) is 3.09. The molecular weight excluding hydrogens is 330 g/mol. The number of esters is 1. The number of carbonyl (C=O) groups is 1. The van der Waals surface area contributed by atoms with Crippen LogP contribution in [0.4, 0.5) is 0 Å². The van der Waals surface area contributed by atoms with Crippen LogP contribution in [0.15, 0.2) is 53.1 Å². The van der Waals surface area contributed by atoms with E-state index < -0.39 is 5.97 Å². The summed E-state index contributed by atoms with van der Waals surface area (Å²) in [5, 5.41) is 13.2. The molecule has 6 nitrogen and oxygen atoms in total. The van der Waals surface area contributed by atoms with E-state index in [1.165, 1.54) is 6.07 Å². The summed E-state index contributed by atoms with van der Waals surface area (Å²) in [6, 6.07) is 15.2. The van der Waals surface area contributed by atoms with Crippen LogP contribution < -0.4 is 0 Å². The molecule has 24 heavy (non-hydrogen) atoms. The lowest BCUT2D eigenvalue weighted by Crippen LogP contribution is -2.05. The van der Waals surface area contributed by atoms with Gasteiger partial charge in [-0.15, -0.1) is 0 Å². The molecule has 118 valence electrons. The number of benzene rings is 2. The Balaban J connectivity index is 1.67. The number of carbonyl (C=O) groups excluding carboxylic acids is 1. The van der Waals surface area contributed by atoms with E-state index in [0.717, 1.165) is 0 Å². The summed E-state index contributed by atoms with van der Waals surface area (Å²) in [4.78, 5) is 16.1. The van der Waals surface area contributed by atoms with Crippen LogP contribution in [-0.2, 0) is 11.3 Å². The van der Waals surface area contributed by atoms with E-state index in [9.17, 15) is 4.79 Å². The van der Waals surface area contributed by atoms with Crippen LogP contribution in [0.25, 0.3) is 11.4 Å². The summed E-state index contributed by atoms with van der Waals surface area (Å²) < 4.78 is 10.2. The van der Waals surface area contributed by atoms with Crippen molar-refractivity contribution < 1.29 is 14.1 Å². The van der Waals surface area contributed by atoms with Gasteiger partial charge in [0.1, 0.15) is 0 Å². The van der Waals surface area contributed by atoms with E-state index in [1.54, 1.807) is 42.5 Å². The normalized spacial score (nSPS) is 10.2. The van der Waals surface area contributed by atoms with Crippen molar-refractivity contribution in [1.29, 1.82) is 5.26 Å². The predicted molar refractivity (Wildman–Crippen MR) is 85.0 cm³/mol. The van der Waals surface area contributed by atoms with Crippen LogP contribution in [0.3, 0.4) is 0 Å². The molecule has 0 unspecified atom stereocenters. The van der Waals surface area contributed by atoms with Crippen molar-refractivity contribution in [1.82, 2.24) is 10.1 Å². The maximum Gasteiger partial charge on any atom is 0.338 e. The van der Waals surface area contributed by atoms with Crippen molar-refractivity contribution in [2.75, 3.05) is 0 Å². The second kappa shape index (κ2) is 6.94. The first-order valence-electron chi connectivity index (χ1n) is 6.91. The zero-order valence-corrected chi connectivity index (χ0v) is 13.0. The van der Waals surface area contributed by atoms with E-state index in [-0.39, 0.29) is 18.1 Å². The lowest BCUT2D eigenvalue weighted by Gasteiger charge is -2.01. The number of ether oxygens (including phenoxy) is 1. The average molecular weight is 340 g/mol. The molecule has 7 heteroatoms. The van der Waals surface area contributed by atoms with Gasteiger partial charge in [0.25, 0.3) is 5.89 Å². The molecule has 0 saturated carbocycles. The molecule has 0 amide bonds. The lowest BCUT2D eigenvalue weighted by molar-refractivity contribution is 0.0430. The number of halogens is 1. The number of hydrogen-bond acceptors (Lipinski definition) is 6. The third kappa shape index (κ3) is 3.59. The molecule has 3 aromatic rings. The molecule has 0 bridgehead atoms. The Morgan fingerprint density at radius 2 is 2.08 bits per heavy atom. The van der Waals surface area contributed by atoms with Crippen molar-refractivity contribution in [3.63, 3.8) is 0 Å². The van der Waals surface area contributed by atoms with E-state index in [4.69, 9.17) is 26.1 Å². The highest BCUT2D eigenvalue weighted by molar-refractivity contribution is 6.30. The minimum absolute atomic E-state index is 0.162. The van der Waals surface area contributed by atoms with Gasteiger partial charge in [0, 0.05) is 10.6 Å². The molecule has 1 heterocycles. The Hall–Kier alpha value is -3.17. The van der Waals surface area contributed by atoms with Gasteiger partial charge in [-0.1, -0.05) is 35.0 Å². The Labute approximate surface area is 142 Å². The van der Waals surface area contributed by atoms with Gasteiger partial charge < -0.3 is 9.26 Å². The fourth-order valence-corrected chi connectivity index (χ4v) is 2.17. The van der Waals surface area contributed by atoms with E-state index in [0.29, 0.717) is 22.0 Å². The highest BCUT2D eigenvalue weighted by atomic mass is 35.5. The molecule has 0 spiro atoms. The molecule has 3 rings (SSSR count). The third-order valence-electron chi connectivity index (χ3n) is 3.11. The number of aromatic nitrogens is 2. The first-order chi connectivity index (χ1) is 11.7. The third-order valence-corrected chi connectivity index (χ3v) is 3.34. The Kier molecular flexibility index (Phi) is 4.54. The summed E-state index contributed by atoms with van der Waals surface area (Å²) in [6.45, 7) is -0.164. The van der Waals surface area contributed by atoms with E-state index in [1.807, 2.05) is 6.07 Å². The summed E-state index contributed by atoms with van der Waals surface area (Å²) in [5.74, 6) is -0.0561. The van der Waals surface area contributed by atoms with Gasteiger partial charge in [-0.25, -0.2) is 4.79 Å². The summed E-state index contributed by atoms with van der Waals surface area (Å²) in [7, 11) is 0. The summed E-state index contributed by atoms with van der Waals surface area (Å²) in [6.07, 6.45) is 0. The summed E-state index contributed by atoms with van der Waals surface area (Å²) >= 11 is 5.92. The smallest absolute Gasteiger partial charge is 0.338 e. The molecule has 0 fully saturated rings. The molecule has 0 radical (unpaired) electrons. The zero-order chi connectivity index (χ0) is 16.9. The van der Waals surface area contributed by atoms with Crippen LogP contribution in [0.2, 0.25) is 5.02 Å². The molecule has 0 aliphatic carbocycles. The quantitative estimate of drug-likeness (QED) is 0.674. The van der Waals surface area contributed by atoms with Crippen LogP contribution in [-0.4, -0.2) is 16.1 Å². The largest absolute Gasteiger partial charge is 0.452 e. The second-order valence-electron chi connectivity index (χ2n) is 4.79. The van der Waals surface area contributed by atoms with Crippen molar-refractivity contribution in [3.8, 4) is 17.5 Å². The highest BCUT2D eigenvalue weighted by Crippen LogP contribution is 2.20. The van der Waals surface area contributed by atoms with Crippen LogP contribution in [0.1, 0.15) is 21.8 Å². The molecule has 0 atom stereocenters. The van der Waals surface area contributed by atoms with Gasteiger partial charge in [0.15, 0.2) is 6.61 Å². The molecule has 0 aliphatic heterocycles. The Bertz CT molecular complexity index is 931. The maximum absolute atomic E-state index is 12.0. The molecule has 0 saturated heterocycles. The van der Waals surface area contributed by atoms with Crippen LogP contribution >= 0.6 is 11.6 Å². The molecule has 1 aromatic heterocycles. The van der Waals surface area contributed by atoms with E-state index >= 15 is 0 Å². The van der Waals surface area contributed by atoms with Gasteiger partial charge >= 0.3 is 5.97 Å². The molecule has 0 N–H and O–H groups in total. The topological polar surface area (TPSA) is 89.0 Å². The minimum Gasteiger partial charge on any atom is -0.452 e. The highest BCUT2D eigenvalue weighted by Gasteiger charge is 2.13. The van der Waals surface area contributed by atoms with Crippen LogP contribution in [0, 0.1) is 11.3 Å². The fraction of sp³-hybridized carbons (Fsp3) is 0.0588. The van der Waals surface area contributed by atoms with Gasteiger partial charge in [0.05, 0.1) is 17.2 Å². The van der Waals surface area contributed by atoms with Gasteiger partial charge in [-0.2, -0.15) is 10.2 Å². The Morgan fingerprint density at radius 3 is 2.88 bits per heavy atom. The fourth-order valence-electron chi connectivity index (χ4n) is 1.98. The number of rotatable bonds is 4. The summed E-state index contributed by atoms with van der Waals surface area (Å²) in [5.41, 5.74) is 1.36. The van der Waals surface area contributed by atoms with Crippen molar-refractivity contribution in [2.24, 2.45) is 0 Å². The zero-order valence-electron chi connectivity index (χ0n) is 12.3. The van der Waals surface area contributed by atoms with Crippen molar-refractivity contribution in [3.05, 3.63) is 70.6 Å². The lowest BCUT2D eigenvalue weighted by atomic mass is 10.1. The van der Waals surface area contributed by atoms with E-state index in [2.05, 4.69) is 10.1 Å². The first kappa shape index (κ1) is 15.7. The maximum atomic E-state index is 12.0. The Morgan fingerprint density at radius 1 is 1.25 bits per heavy atom. The second-order valence-corrected chi connectivity index (χ2v) is 5.23.